The van der Waals surface area contributed by atoms with Crippen molar-refractivity contribution in [1.29, 1.82) is 0 Å². The second kappa shape index (κ2) is 3.93. The Labute approximate surface area is 94.7 Å². The first-order chi connectivity index (χ1) is 7.58. The molecule has 0 radical (unpaired) electrons. The zero-order chi connectivity index (χ0) is 11.7. The summed E-state index contributed by atoms with van der Waals surface area (Å²) in [4.78, 5) is 11.2. The molecule has 0 aliphatic carbocycles. The molecule has 0 aliphatic heterocycles. The number of ketones is 1. The molecule has 1 aromatic heterocycles. The number of nitrogens with zero attached hydrogens (tertiary/aromatic N) is 2. The Morgan fingerprint density at radius 1 is 1.38 bits per heavy atom. The molecule has 0 saturated carbocycles. The fourth-order valence-corrected chi connectivity index (χ4v) is 1.77. The van der Waals surface area contributed by atoms with Crippen molar-refractivity contribution >= 4 is 5.78 Å². The molecule has 2 aromatic rings. The normalized spacial score (nSPS) is 10.4. The maximum absolute atomic E-state index is 11.2. The SMILES string of the molecule is CC(=O)c1ccc(-c2cnn(C)c2)c(C)c1. The molecule has 1 heterocycles. The predicted molar refractivity (Wildman–Crippen MR) is 63.4 cm³/mol. The molecule has 0 saturated heterocycles. The minimum atomic E-state index is 0.0980. The van der Waals surface area contributed by atoms with Gasteiger partial charge in [0.25, 0.3) is 0 Å². The van der Waals surface area contributed by atoms with Crippen LogP contribution in [0.2, 0.25) is 0 Å². The molecule has 1 aromatic carbocycles. The second-order valence-corrected chi connectivity index (χ2v) is 3.99. The summed E-state index contributed by atoms with van der Waals surface area (Å²) in [6.45, 7) is 3.59. The Morgan fingerprint density at radius 2 is 2.12 bits per heavy atom. The number of carbonyl (C=O) groups is 1. The number of hydrogen-bond donors (Lipinski definition) is 0. The second-order valence-electron chi connectivity index (χ2n) is 3.99. The van der Waals surface area contributed by atoms with Crippen LogP contribution in [0.3, 0.4) is 0 Å². The Morgan fingerprint density at radius 3 is 2.62 bits per heavy atom. The molecule has 2 rings (SSSR count). The van der Waals surface area contributed by atoms with Crippen LogP contribution in [0.5, 0.6) is 0 Å². The molecular formula is C13H14N2O. The van der Waals surface area contributed by atoms with E-state index in [0.29, 0.717) is 0 Å². The van der Waals surface area contributed by atoms with Crippen LogP contribution in [0.4, 0.5) is 0 Å². The molecule has 3 nitrogen and oxygen atoms in total. The largest absolute Gasteiger partial charge is 0.295 e. The fourth-order valence-electron chi connectivity index (χ4n) is 1.77. The van der Waals surface area contributed by atoms with Crippen molar-refractivity contribution in [3.8, 4) is 11.1 Å². The van der Waals surface area contributed by atoms with Crippen LogP contribution in [0, 0.1) is 6.92 Å². The van der Waals surface area contributed by atoms with Gasteiger partial charge in [-0.1, -0.05) is 12.1 Å². The minimum Gasteiger partial charge on any atom is -0.295 e. The molecule has 0 amide bonds. The molecule has 0 atom stereocenters. The van der Waals surface area contributed by atoms with E-state index in [-0.39, 0.29) is 5.78 Å². The van der Waals surface area contributed by atoms with E-state index in [0.717, 1.165) is 22.3 Å². The first-order valence-electron chi connectivity index (χ1n) is 5.18. The standard InChI is InChI=1S/C13H14N2O/c1-9-6-11(10(2)16)4-5-13(9)12-7-14-15(3)8-12/h4-8H,1-3H3. The Hall–Kier alpha value is -1.90. The van der Waals surface area contributed by atoms with Gasteiger partial charge < -0.3 is 0 Å². The summed E-state index contributed by atoms with van der Waals surface area (Å²) in [6, 6.07) is 5.76. The van der Waals surface area contributed by atoms with Gasteiger partial charge in [-0.15, -0.1) is 0 Å². The van der Waals surface area contributed by atoms with Crippen molar-refractivity contribution in [3.63, 3.8) is 0 Å². The molecule has 0 bridgehead atoms. The van der Waals surface area contributed by atoms with Crippen LogP contribution in [-0.2, 0) is 7.05 Å². The predicted octanol–water partition coefficient (Wildman–Crippen LogP) is 2.60. The van der Waals surface area contributed by atoms with Crippen molar-refractivity contribution < 1.29 is 4.79 Å². The highest BCUT2D eigenvalue weighted by Crippen LogP contribution is 2.23. The van der Waals surface area contributed by atoms with Crippen LogP contribution in [0.15, 0.2) is 30.6 Å². The van der Waals surface area contributed by atoms with Gasteiger partial charge in [-0.2, -0.15) is 5.10 Å². The average molecular weight is 214 g/mol. The van der Waals surface area contributed by atoms with Gasteiger partial charge >= 0.3 is 0 Å². The van der Waals surface area contributed by atoms with Crippen molar-refractivity contribution in [2.24, 2.45) is 7.05 Å². The third-order valence-electron chi connectivity index (χ3n) is 2.65. The first-order valence-corrected chi connectivity index (χ1v) is 5.18. The summed E-state index contributed by atoms with van der Waals surface area (Å²) in [6.07, 6.45) is 3.80. The van der Waals surface area contributed by atoms with Crippen LogP contribution in [-0.4, -0.2) is 15.6 Å². The smallest absolute Gasteiger partial charge is 0.159 e. The third kappa shape index (κ3) is 1.89. The molecule has 3 heteroatoms. The Kier molecular flexibility index (Phi) is 2.60. The first kappa shape index (κ1) is 10.6. The highest BCUT2D eigenvalue weighted by Gasteiger charge is 2.06. The molecule has 0 N–H and O–H groups in total. The number of benzene rings is 1. The lowest BCUT2D eigenvalue weighted by atomic mass is 10.00. The third-order valence-corrected chi connectivity index (χ3v) is 2.65. The van der Waals surface area contributed by atoms with E-state index >= 15 is 0 Å². The molecule has 0 aliphatic rings. The number of rotatable bonds is 2. The molecule has 0 fully saturated rings. The summed E-state index contributed by atoms with van der Waals surface area (Å²) in [5.74, 6) is 0.0980. The summed E-state index contributed by atoms with van der Waals surface area (Å²) in [7, 11) is 1.89. The van der Waals surface area contributed by atoms with Gasteiger partial charge in [0.1, 0.15) is 0 Å². The highest BCUT2D eigenvalue weighted by atomic mass is 16.1. The quantitative estimate of drug-likeness (QED) is 0.720. The fraction of sp³-hybridized carbons (Fsp3) is 0.231. The zero-order valence-corrected chi connectivity index (χ0v) is 9.69. The van der Waals surface area contributed by atoms with Crippen LogP contribution >= 0.6 is 0 Å². The summed E-state index contributed by atoms with van der Waals surface area (Å²) in [5.41, 5.74) is 4.05. The van der Waals surface area contributed by atoms with Crippen molar-refractivity contribution in [1.82, 2.24) is 9.78 Å². The Balaban J connectivity index is 2.47. The summed E-state index contributed by atoms with van der Waals surface area (Å²) in [5, 5.41) is 4.14. The van der Waals surface area contributed by atoms with Gasteiger partial charge in [-0.05, 0) is 31.0 Å². The number of aryl methyl sites for hydroxylation is 2. The maximum Gasteiger partial charge on any atom is 0.159 e. The minimum absolute atomic E-state index is 0.0980. The Bertz CT molecular complexity index is 541. The van der Waals surface area contributed by atoms with Crippen LogP contribution in [0.1, 0.15) is 22.8 Å². The van der Waals surface area contributed by atoms with E-state index in [1.54, 1.807) is 11.6 Å². The lowest BCUT2D eigenvalue weighted by Gasteiger charge is -2.04. The summed E-state index contributed by atoms with van der Waals surface area (Å²) < 4.78 is 1.77. The monoisotopic (exact) mass is 214 g/mol. The zero-order valence-electron chi connectivity index (χ0n) is 9.69. The van der Waals surface area contributed by atoms with Gasteiger partial charge in [-0.25, -0.2) is 0 Å². The van der Waals surface area contributed by atoms with Crippen LogP contribution in [0.25, 0.3) is 11.1 Å². The van der Waals surface area contributed by atoms with Gasteiger partial charge in [0.05, 0.1) is 6.20 Å². The lowest BCUT2D eigenvalue weighted by Crippen LogP contribution is -1.93. The average Bonchev–Trinajstić information content (AvgIpc) is 2.64. The van der Waals surface area contributed by atoms with Crippen molar-refractivity contribution in [2.45, 2.75) is 13.8 Å². The van der Waals surface area contributed by atoms with Gasteiger partial charge in [-0.3, -0.25) is 9.48 Å². The lowest BCUT2D eigenvalue weighted by molar-refractivity contribution is 0.101. The van der Waals surface area contributed by atoms with Gasteiger partial charge in [0.15, 0.2) is 5.78 Å². The van der Waals surface area contributed by atoms with E-state index in [4.69, 9.17) is 0 Å². The number of Topliss-reactive ketones (excluding diaryl/α,β-unsaturated/α-hetero) is 1. The number of hydrogen-bond acceptors (Lipinski definition) is 2. The van der Waals surface area contributed by atoms with E-state index in [9.17, 15) is 4.79 Å². The molecule has 0 spiro atoms. The van der Waals surface area contributed by atoms with Gasteiger partial charge in [0.2, 0.25) is 0 Å². The molecule has 82 valence electrons. The van der Waals surface area contributed by atoms with E-state index < -0.39 is 0 Å². The number of carbonyl (C=O) groups excluding carboxylic acids is 1. The molecule has 0 unspecified atom stereocenters. The van der Waals surface area contributed by atoms with Crippen LogP contribution < -0.4 is 0 Å². The topological polar surface area (TPSA) is 34.9 Å². The molecular weight excluding hydrogens is 200 g/mol. The highest BCUT2D eigenvalue weighted by molar-refractivity contribution is 5.94. The van der Waals surface area contributed by atoms with Crippen molar-refractivity contribution in [2.75, 3.05) is 0 Å². The van der Waals surface area contributed by atoms with Gasteiger partial charge in [0, 0.05) is 24.4 Å². The summed E-state index contributed by atoms with van der Waals surface area (Å²) >= 11 is 0. The van der Waals surface area contributed by atoms with E-state index in [2.05, 4.69) is 5.10 Å². The van der Waals surface area contributed by atoms with Crippen molar-refractivity contribution in [3.05, 3.63) is 41.7 Å². The maximum atomic E-state index is 11.2. The molecule has 16 heavy (non-hydrogen) atoms. The number of aromatic nitrogens is 2. The van der Waals surface area contributed by atoms with E-state index in [1.807, 2.05) is 44.6 Å². The van der Waals surface area contributed by atoms with E-state index in [1.165, 1.54) is 0 Å².